The highest BCUT2D eigenvalue weighted by atomic mass is 16.5. The number of hydroxylamine groups is 1. The van der Waals surface area contributed by atoms with Gasteiger partial charge in [-0.1, -0.05) is 29.4 Å². The molecule has 0 amide bonds. The van der Waals surface area contributed by atoms with Crippen molar-refractivity contribution < 1.29 is 20.3 Å². The number of oxime groups is 1. The zero-order chi connectivity index (χ0) is 14.8. The van der Waals surface area contributed by atoms with Gasteiger partial charge in [-0.25, -0.2) is 0 Å². The molecular formula is C14H14N2O4. The first-order valence-electron chi connectivity index (χ1n) is 5.63. The molecule has 1 aliphatic rings. The zero-order valence-electron chi connectivity index (χ0n) is 10.5. The number of hydrogen-bond acceptors (Lipinski definition) is 6. The van der Waals surface area contributed by atoms with E-state index in [9.17, 15) is 4.79 Å². The highest BCUT2D eigenvalue weighted by molar-refractivity contribution is 6.07. The van der Waals surface area contributed by atoms with Gasteiger partial charge in [-0.2, -0.15) is 0 Å². The predicted octanol–water partition coefficient (Wildman–Crippen LogP) is 1.74. The summed E-state index contributed by atoms with van der Waals surface area (Å²) in [5.74, 6) is 0.00403. The smallest absolute Gasteiger partial charge is 0.187 e. The van der Waals surface area contributed by atoms with Crippen LogP contribution >= 0.6 is 0 Å². The summed E-state index contributed by atoms with van der Waals surface area (Å²) in [6.07, 6.45) is 8.84. The lowest BCUT2D eigenvalue weighted by Gasteiger charge is -1.98. The monoisotopic (exact) mass is 274 g/mol. The number of nitrogens with zero attached hydrogens (tertiary/aromatic N) is 1. The molecule has 0 atom stereocenters. The van der Waals surface area contributed by atoms with E-state index in [0.717, 1.165) is 0 Å². The maximum absolute atomic E-state index is 10.8. The van der Waals surface area contributed by atoms with E-state index < -0.39 is 0 Å². The topological polar surface area (TPSA) is 102 Å². The molecule has 0 saturated heterocycles. The molecule has 0 saturated carbocycles. The van der Waals surface area contributed by atoms with Crippen molar-refractivity contribution in [3.05, 3.63) is 65.9 Å². The third-order valence-corrected chi connectivity index (χ3v) is 2.27. The number of carbonyl (C=O) groups excluding carboxylic acids is 1. The van der Waals surface area contributed by atoms with Crippen LogP contribution in [0.4, 0.5) is 0 Å². The average molecular weight is 274 g/mol. The molecule has 0 aromatic heterocycles. The molecule has 1 aromatic rings. The van der Waals surface area contributed by atoms with Gasteiger partial charge in [0.25, 0.3) is 0 Å². The first-order valence-corrected chi connectivity index (χ1v) is 5.63. The Morgan fingerprint density at radius 3 is 2.45 bits per heavy atom. The fourth-order valence-electron chi connectivity index (χ4n) is 1.33. The molecule has 0 unspecified atom stereocenters. The number of para-hydroxylation sites is 1. The van der Waals surface area contributed by atoms with Crippen LogP contribution < -0.4 is 5.48 Å². The molecule has 0 aliphatic heterocycles. The molecule has 0 spiro atoms. The van der Waals surface area contributed by atoms with E-state index in [1.165, 1.54) is 24.6 Å². The molecule has 6 nitrogen and oxygen atoms in total. The number of hydrogen-bond donors (Lipinski definition) is 4. The summed E-state index contributed by atoms with van der Waals surface area (Å²) >= 11 is 0. The normalized spacial score (nSPS) is 15.2. The molecular weight excluding hydrogens is 260 g/mol. The van der Waals surface area contributed by atoms with Crippen molar-refractivity contribution in [2.24, 2.45) is 5.16 Å². The minimum absolute atomic E-state index is 0.107. The quantitative estimate of drug-likeness (QED) is 0.285. The van der Waals surface area contributed by atoms with Gasteiger partial charge in [-0.15, -0.1) is 0 Å². The van der Waals surface area contributed by atoms with Gasteiger partial charge in [-0.3, -0.25) is 15.5 Å². The highest BCUT2D eigenvalue weighted by Crippen LogP contribution is 2.12. The first kappa shape index (κ1) is 15.2. The average Bonchev–Trinajstić information content (AvgIpc) is 2.45. The maximum Gasteiger partial charge on any atom is 0.187 e. The Morgan fingerprint density at radius 1 is 1.15 bits per heavy atom. The number of carbonyl (C=O) groups is 1. The van der Waals surface area contributed by atoms with Gasteiger partial charge in [-0.05, 0) is 24.3 Å². The highest BCUT2D eigenvalue weighted by Gasteiger charge is 2.03. The SMILES string of the molecule is O=C1C=CC=CC1=CNO.ON=Cc1ccccc1O. The van der Waals surface area contributed by atoms with Crippen LogP contribution in [0.1, 0.15) is 5.56 Å². The van der Waals surface area contributed by atoms with Crippen LogP contribution in [0.5, 0.6) is 5.75 Å². The van der Waals surface area contributed by atoms with Crippen LogP contribution in [0.3, 0.4) is 0 Å². The largest absolute Gasteiger partial charge is 0.507 e. The lowest BCUT2D eigenvalue weighted by atomic mass is 10.1. The Morgan fingerprint density at radius 2 is 1.85 bits per heavy atom. The Kier molecular flexibility index (Phi) is 6.29. The van der Waals surface area contributed by atoms with Gasteiger partial charge in [0, 0.05) is 17.3 Å². The molecule has 4 N–H and O–H groups in total. The third kappa shape index (κ3) is 4.79. The summed E-state index contributed by atoms with van der Waals surface area (Å²) in [4.78, 5) is 10.8. The van der Waals surface area contributed by atoms with Crippen molar-refractivity contribution in [1.82, 2.24) is 5.48 Å². The summed E-state index contributed by atoms with van der Waals surface area (Å²) in [7, 11) is 0. The number of phenolic OH excluding ortho intramolecular Hbond substituents is 1. The molecule has 1 aromatic carbocycles. The minimum Gasteiger partial charge on any atom is -0.507 e. The van der Waals surface area contributed by atoms with Crippen LogP contribution in [0, 0.1) is 0 Å². The van der Waals surface area contributed by atoms with Crippen LogP contribution in [0.15, 0.2) is 65.5 Å². The van der Waals surface area contributed by atoms with E-state index in [1.807, 2.05) is 0 Å². The van der Waals surface area contributed by atoms with Gasteiger partial charge in [0.05, 0.1) is 6.21 Å². The summed E-state index contributed by atoms with van der Waals surface area (Å²) in [6, 6.07) is 6.62. The molecule has 104 valence electrons. The minimum atomic E-state index is -0.107. The predicted molar refractivity (Wildman–Crippen MR) is 73.8 cm³/mol. The van der Waals surface area contributed by atoms with Crippen LogP contribution in [-0.2, 0) is 4.79 Å². The summed E-state index contributed by atoms with van der Waals surface area (Å²) in [5.41, 5.74) is 2.75. The van der Waals surface area contributed by atoms with Crippen LogP contribution in [-0.4, -0.2) is 27.5 Å². The fourth-order valence-corrected chi connectivity index (χ4v) is 1.33. The number of benzene rings is 1. The lowest BCUT2D eigenvalue weighted by Crippen LogP contribution is -2.04. The number of aromatic hydroxyl groups is 1. The number of allylic oxidation sites excluding steroid dienone is 5. The van der Waals surface area contributed by atoms with Crippen LogP contribution in [0.25, 0.3) is 0 Å². The summed E-state index contributed by atoms with van der Waals surface area (Å²) < 4.78 is 0. The second-order valence-corrected chi connectivity index (χ2v) is 3.61. The Bertz CT molecular complexity index is 574. The van der Waals surface area contributed by atoms with Gasteiger partial charge in [0.2, 0.25) is 0 Å². The van der Waals surface area contributed by atoms with Crippen molar-refractivity contribution in [3.8, 4) is 5.75 Å². The Labute approximate surface area is 115 Å². The van der Waals surface area contributed by atoms with Crippen molar-refractivity contribution in [2.45, 2.75) is 0 Å². The van der Waals surface area contributed by atoms with Crippen molar-refractivity contribution in [2.75, 3.05) is 0 Å². The number of rotatable bonds is 2. The zero-order valence-corrected chi connectivity index (χ0v) is 10.5. The molecule has 0 radical (unpaired) electrons. The van der Waals surface area contributed by atoms with E-state index in [0.29, 0.717) is 11.1 Å². The Hall–Kier alpha value is -2.86. The maximum atomic E-state index is 10.8. The third-order valence-electron chi connectivity index (χ3n) is 2.27. The van der Waals surface area contributed by atoms with E-state index in [2.05, 4.69) is 5.16 Å². The number of ketones is 1. The van der Waals surface area contributed by atoms with E-state index >= 15 is 0 Å². The number of nitrogens with one attached hydrogen (secondary N) is 1. The fraction of sp³-hybridized carbons (Fsp3) is 0. The van der Waals surface area contributed by atoms with E-state index in [-0.39, 0.29) is 11.5 Å². The van der Waals surface area contributed by atoms with Crippen molar-refractivity contribution in [3.63, 3.8) is 0 Å². The first-order chi connectivity index (χ1) is 9.69. The molecule has 0 bridgehead atoms. The lowest BCUT2D eigenvalue weighted by molar-refractivity contribution is -0.111. The second-order valence-electron chi connectivity index (χ2n) is 3.61. The molecule has 1 aliphatic carbocycles. The summed E-state index contributed by atoms with van der Waals surface area (Å²) in [6.45, 7) is 0. The van der Waals surface area contributed by atoms with Gasteiger partial charge in [0.1, 0.15) is 5.75 Å². The molecule has 20 heavy (non-hydrogen) atoms. The number of phenols is 1. The summed E-state index contributed by atoms with van der Waals surface area (Å²) in [5, 5.41) is 28.1. The molecule has 0 fully saturated rings. The van der Waals surface area contributed by atoms with E-state index in [4.69, 9.17) is 15.5 Å². The molecule has 6 heteroatoms. The van der Waals surface area contributed by atoms with Crippen molar-refractivity contribution in [1.29, 1.82) is 0 Å². The molecule has 0 heterocycles. The van der Waals surface area contributed by atoms with Gasteiger partial charge < -0.3 is 10.3 Å². The van der Waals surface area contributed by atoms with Gasteiger partial charge >= 0.3 is 0 Å². The van der Waals surface area contributed by atoms with Crippen molar-refractivity contribution >= 4 is 12.0 Å². The Balaban J connectivity index is 0.000000200. The van der Waals surface area contributed by atoms with Gasteiger partial charge in [0.15, 0.2) is 5.78 Å². The standard InChI is InChI=1S/2C7H7NO2/c2*9-7-4-2-1-3-6(7)5-8-10/h1-5,9-10H;1-5,8,10H. The second kappa shape index (κ2) is 8.28. The molecule has 2 rings (SSSR count). The van der Waals surface area contributed by atoms with Crippen LogP contribution in [0.2, 0.25) is 0 Å². The van der Waals surface area contributed by atoms with E-state index in [1.54, 1.807) is 41.9 Å².